The molecule has 1 amide bonds. The van der Waals surface area contributed by atoms with Crippen molar-refractivity contribution < 1.29 is 9.90 Å². The molecule has 2 heterocycles. The van der Waals surface area contributed by atoms with Crippen LogP contribution in [0.25, 0.3) is 0 Å². The van der Waals surface area contributed by atoms with Gasteiger partial charge in [0.15, 0.2) is 0 Å². The molecule has 0 spiro atoms. The summed E-state index contributed by atoms with van der Waals surface area (Å²) in [5, 5.41) is 11.6. The van der Waals surface area contributed by atoms with Crippen LogP contribution in [0.1, 0.15) is 48.0 Å². The minimum Gasteiger partial charge on any atom is -0.385 e. The van der Waals surface area contributed by atoms with Crippen LogP contribution < -0.4 is 5.73 Å². The van der Waals surface area contributed by atoms with Crippen LogP contribution in [0, 0.1) is 5.92 Å². The Labute approximate surface area is 153 Å². The fourth-order valence-corrected chi connectivity index (χ4v) is 4.77. The van der Waals surface area contributed by atoms with Crippen molar-refractivity contribution in [3.05, 3.63) is 59.8 Å². The summed E-state index contributed by atoms with van der Waals surface area (Å²) in [5.74, 6) is 0.255. The van der Waals surface area contributed by atoms with Gasteiger partial charge in [0.1, 0.15) is 5.82 Å². The van der Waals surface area contributed by atoms with Gasteiger partial charge in [-0.05, 0) is 37.0 Å². The molecule has 0 bridgehead atoms. The summed E-state index contributed by atoms with van der Waals surface area (Å²) < 4.78 is 0. The van der Waals surface area contributed by atoms with Crippen LogP contribution in [0.4, 0.5) is 5.82 Å². The van der Waals surface area contributed by atoms with Crippen molar-refractivity contribution in [2.24, 2.45) is 5.92 Å². The largest absolute Gasteiger partial charge is 0.385 e. The third-order valence-corrected chi connectivity index (χ3v) is 6.08. The number of fused-ring (bicyclic) bond motifs is 1. The van der Waals surface area contributed by atoms with E-state index in [1.54, 1.807) is 18.3 Å². The summed E-state index contributed by atoms with van der Waals surface area (Å²) in [7, 11) is 0. The summed E-state index contributed by atoms with van der Waals surface area (Å²) >= 11 is 0. The molecule has 1 saturated heterocycles. The Bertz CT molecular complexity index is 795. The molecule has 1 aromatic carbocycles. The Kier molecular flexibility index (Phi) is 4.41. The summed E-state index contributed by atoms with van der Waals surface area (Å²) in [4.78, 5) is 19.1. The van der Waals surface area contributed by atoms with E-state index in [0.717, 1.165) is 31.2 Å². The molecular formula is C21H25N3O2. The zero-order valence-electron chi connectivity index (χ0n) is 14.8. The number of aromatic nitrogens is 1. The number of likely N-dealkylation sites (tertiary alicyclic amines) is 1. The molecule has 136 valence electrons. The van der Waals surface area contributed by atoms with Crippen molar-refractivity contribution >= 4 is 11.7 Å². The molecule has 1 saturated carbocycles. The third-order valence-electron chi connectivity index (χ3n) is 6.08. The first-order valence-electron chi connectivity index (χ1n) is 9.40. The first kappa shape index (κ1) is 17.0. The standard InChI is InChI=1S/C21H25N3O2/c22-19-16(9-6-13-23-19)20(25)24-14-12-21(26,15-7-2-1-3-8-15)17-10-4-5-11-18(17)24/h1-3,6-9,13,17-18,26H,4-5,10-12,14H2,(H2,22,23). The average Bonchev–Trinajstić information content (AvgIpc) is 2.69. The predicted molar refractivity (Wildman–Crippen MR) is 100 cm³/mol. The number of aliphatic hydroxyl groups is 1. The van der Waals surface area contributed by atoms with Crippen molar-refractivity contribution in [3.63, 3.8) is 0 Å². The van der Waals surface area contributed by atoms with Gasteiger partial charge >= 0.3 is 0 Å². The molecule has 1 aliphatic carbocycles. The van der Waals surface area contributed by atoms with Gasteiger partial charge in [0.2, 0.25) is 0 Å². The highest BCUT2D eigenvalue weighted by Gasteiger charge is 2.50. The van der Waals surface area contributed by atoms with Gasteiger partial charge in [-0.25, -0.2) is 4.98 Å². The van der Waals surface area contributed by atoms with Crippen molar-refractivity contribution in [2.75, 3.05) is 12.3 Å². The summed E-state index contributed by atoms with van der Waals surface area (Å²) in [6.45, 7) is 0.528. The summed E-state index contributed by atoms with van der Waals surface area (Å²) in [6, 6.07) is 13.4. The van der Waals surface area contributed by atoms with Crippen molar-refractivity contribution in [3.8, 4) is 0 Å². The number of piperidine rings is 1. The van der Waals surface area contributed by atoms with Crippen LogP contribution in [-0.2, 0) is 5.60 Å². The molecule has 3 unspecified atom stereocenters. The number of nitrogens with zero attached hydrogens (tertiary/aromatic N) is 2. The fraction of sp³-hybridized carbons (Fsp3) is 0.429. The van der Waals surface area contributed by atoms with E-state index in [0.29, 0.717) is 18.5 Å². The van der Waals surface area contributed by atoms with Crippen LogP contribution in [0.2, 0.25) is 0 Å². The Morgan fingerprint density at radius 1 is 1.15 bits per heavy atom. The molecule has 26 heavy (non-hydrogen) atoms. The number of amides is 1. The maximum Gasteiger partial charge on any atom is 0.257 e. The number of pyridine rings is 1. The summed E-state index contributed by atoms with van der Waals surface area (Å²) in [6.07, 6.45) is 6.17. The van der Waals surface area contributed by atoms with E-state index < -0.39 is 5.60 Å². The van der Waals surface area contributed by atoms with Gasteiger partial charge in [-0.2, -0.15) is 0 Å². The van der Waals surface area contributed by atoms with Crippen LogP contribution >= 0.6 is 0 Å². The van der Waals surface area contributed by atoms with Crippen molar-refractivity contribution in [1.29, 1.82) is 0 Å². The molecule has 2 aliphatic rings. The lowest BCUT2D eigenvalue weighted by atomic mass is 9.66. The summed E-state index contributed by atoms with van der Waals surface area (Å²) in [5.41, 5.74) is 6.48. The van der Waals surface area contributed by atoms with Gasteiger partial charge in [-0.15, -0.1) is 0 Å². The Morgan fingerprint density at radius 3 is 2.69 bits per heavy atom. The van der Waals surface area contributed by atoms with E-state index in [4.69, 9.17) is 5.73 Å². The number of hydrogen-bond acceptors (Lipinski definition) is 4. The molecule has 5 heteroatoms. The van der Waals surface area contributed by atoms with E-state index in [-0.39, 0.29) is 23.7 Å². The number of hydrogen-bond donors (Lipinski definition) is 2. The lowest BCUT2D eigenvalue weighted by Gasteiger charge is -2.52. The molecule has 2 aromatic rings. The van der Waals surface area contributed by atoms with Gasteiger partial charge in [0, 0.05) is 24.7 Å². The van der Waals surface area contributed by atoms with Crippen molar-refractivity contribution in [1.82, 2.24) is 9.88 Å². The predicted octanol–water partition coefficient (Wildman–Crippen LogP) is 2.96. The van der Waals surface area contributed by atoms with E-state index in [1.807, 2.05) is 35.2 Å². The first-order chi connectivity index (χ1) is 12.6. The fourth-order valence-electron chi connectivity index (χ4n) is 4.77. The van der Waals surface area contributed by atoms with E-state index in [2.05, 4.69) is 4.98 Å². The molecule has 3 atom stereocenters. The van der Waals surface area contributed by atoms with Gasteiger partial charge in [-0.1, -0.05) is 43.2 Å². The van der Waals surface area contributed by atoms with Gasteiger partial charge in [-0.3, -0.25) is 4.79 Å². The SMILES string of the molecule is Nc1ncccc1C(=O)N1CCC(O)(c2ccccc2)C2CCCCC21. The highest BCUT2D eigenvalue weighted by Crippen LogP contribution is 2.47. The van der Waals surface area contributed by atoms with Crippen LogP contribution in [0.3, 0.4) is 0 Å². The Hall–Kier alpha value is -2.40. The minimum atomic E-state index is -0.871. The third kappa shape index (κ3) is 2.76. The first-order valence-corrected chi connectivity index (χ1v) is 9.40. The Balaban J connectivity index is 1.67. The average molecular weight is 351 g/mol. The number of rotatable bonds is 2. The second kappa shape index (κ2) is 6.72. The highest BCUT2D eigenvalue weighted by atomic mass is 16.3. The number of nitrogen functional groups attached to an aromatic ring is 1. The van der Waals surface area contributed by atoms with E-state index in [9.17, 15) is 9.90 Å². The zero-order chi connectivity index (χ0) is 18.1. The normalized spacial score (nSPS) is 28.4. The minimum absolute atomic E-state index is 0.0369. The lowest BCUT2D eigenvalue weighted by molar-refractivity contribution is -0.110. The van der Waals surface area contributed by atoms with Gasteiger partial charge in [0.25, 0.3) is 5.91 Å². The maximum atomic E-state index is 13.1. The molecule has 4 rings (SSSR count). The zero-order valence-corrected chi connectivity index (χ0v) is 14.8. The molecular weight excluding hydrogens is 326 g/mol. The number of nitrogens with two attached hydrogens (primary N) is 1. The number of carbonyl (C=O) groups is 1. The number of benzene rings is 1. The second-order valence-corrected chi connectivity index (χ2v) is 7.43. The monoisotopic (exact) mass is 351 g/mol. The molecule has 1 aliphatic heterocycles. The molecule has 0 radical (unpaired) electrons. The van der Waals surface area contributed by atoms with Gasteiger partial charge in [0.05, 0.1) is 11.2 Å². The van der Waals surface area contributed by atoms with Crippen LogP contribution in [-0.4, -0.2) is 33.5 Å². The molecule has 2 fully saturated rings. The van der Waals surface area contributed by atoms with E-state index in [1.165, 1.54) is 0 Å². The number of anilines is 1. The van der Waals surface area contributed by atoms with Crippen LogP contribution in [0.5, 0.6) is 0 Å². The quantitative estimate of drug-likeness (QED) is 0.872. The highest BCUT2D eigenvalue weighted by molar-refractivity contribution is 5.98. The lowest BCUT2D eigenvalue weighted by Crippen LogP contribution is -2.59. The topological polar surface area (TPSA) is 79.5 Å². The Morgan fingerprint density at radius 2 is 1.92 bits per heavy atom. The maximum absolute atomic E-state index is 13.1. The van der Waals surface area contributed by atoms with Crippen molar-refractivity contribution in [2.45, 2.75) is 43.7 Å². The van der Waals surface area contributed by atoms with Gasteiger partial charge < -0.3 is 15.7 Å². The molecule has 1 aromatic heterocycles. The van der Waals surface area contributed by atoms with Crippen LogP contribution in [0.15, 0.2) is 48.7 Å². The number of carbonyl (C=O) groups excluding carboxylic acids is 1. The smallest absolute Gasteiger partial charge is 0.257 e. The van der Waals surface area contributed by atoms with E-state index >= 15 is 0 Å². The second-order valence-electron chi connectivity index (χ2n) is 7.43. The molecule has 3 N–H and O–H groups in total. The molecule has 5 nitrogen and oxygen atoms in total.